The van der Waals surface area contributed by atoms with E-state index in [0.29, 0.717) is 22.7 Å². The molecule has 2 aliphatic rings. The van der Waals surface area contributed by atoms with Crippen molar-refractivity contribution in [3.05, 3.63) is 82.9 Å². The number of carbonyl (C=O) groups is 1. The van der Waals surface area contributed by atoms with Gasteiger partial charge in [-0.15, -0.1) is 0 Å². The van der Waals surface area contributed by atoms with Gasteiger partial charge in [0.2, 0.25) is 0 Å². The molecule has 3 aromatic rings. The Kier molecular flexibility index (Phi) is 7.37. The summed E-state index contributed by atoms with van der Waals surface area (Å²) in [7, 11) is -1.19. The Morgan fingerprint density at radius 1 is 1.26 bits per heavy atom. The van der Waals surface area contributed by atoms with Crippen molar-refractivity contribution < 1.29 is 13.4 Å². The number of rotatable bonds is 7. The van der Waals surface area contributed by atoms with Gasteiger partial charge in [0.25, 0.3) is 5.91 Å². The first-order chi connectivity index (χ1) is 18.3. The van der Waals surface area contributed by atoms with E-state index >= 15 is 0 Å². The van der Waals surface area contributed by atoms with Gasteiger partial charge in [-0.1, -0.05) is 37.3 Å². The van der Waals surface area contributed by atoms with E-state index in [9.17, 15) is 13.4 Å². The highest BCUT2D eigenvalue weighted by molar-refractivity contribution is 7.91. The number of carbonyl (C=O) groups excluding carboxylic acids is 1. The van der Waals surface area contributed by atoms with E-state index in [1.54, 1.807) is 23.9 Å². The number of hydrogen-bond acceptors (Lipinski definition) is 4. The number of hydrogen-bond donors (Lipinski definition) is 2. The summed E-state index contributed by atoms with van der Waals surface area (Å²) in [5.74, 6) is -0.782. The number of nitriles is 1. The molecule has 0 spiro atoms. The molecule has 0 bridgehead atoms. The van der Waals surface area contributed by atoms with Gasteiger partial charge in [-0.3, -0.25) is 4.79 Å². The molecule has 1 aromatic heterocycles. The standard InChI is InChI=1S/C29H32FN5O2S/c1-19(8-9-20-6-4-3-5-7-20)26-15-13-24-27(38(37,34-26)33-22-10-11-22)18-35(2)28(24)29(36)32-23-12-14-25(30)21(16-23)17-31/h3-7,12,14,16,18-19,22,26H,8-11,13,15H2,1-2H3,(H,32,36)(H,33,34,37)/t19?,26-,38?/m1/s1. The van der Waals surface area contributed by atoms with Gasteiger partial charge in [-0.2, -0.15) is 5.26 Å². The predicted molar refractivity (Wildman–Crippen MR) is 146 cm³/mol. The molecule has 9 heteroatoms. The Hall–Kier alpha value is -3.48. The molecule has 1 aliphatic heterocycles. The van der Waals surface area contributed by atoms with Crippen molar-refractivity contribution in [1.82, 2.24) is 9.29 Å². The maximum atomic E-state index is 14.5. The Morgan fingerprint density at radius 2 is 2.03 bits per heavy atom. The van der Waals surface area contributed by atoms with Gasteiger partial charge in [-0.25, -0.2) is 17.7 Å². The number of nitrogens with zero attached hydrogens (tertiary/aromatic N) is 3. The lowest BCUT2D eigenvalue weighted by molar-refractivity contribution is 0.101. The van der Waals surface area contributed by atoms with E-state index < -0.39 is 21.6 Å². The third-order valence-corrected chi connectivity index (χ3v) is 9.55. The summed E-state index contributed by atoms with van der Waals surface area (Å²) in [6.07, 6.45) is 6.79. The maximum absolute atomic E-state index is 14.5. The minimum atomic E-state index is -2.94. The fraction of sp³-hybridized carbons (Fsp3) is 0.379. The zero-order valence-corrected chi connectivity index (χ0v) is 22.4. The van der Waals surface area contributed by atoms with Crippen molar-refractivity contribution in [2.75, 3.05) is 5.32 Å². The minimum Gasteiger partial charge on any atom is -0.345 e. The van der Waals surface area contributed by atoms with Crippen LogP contribution in [0.15, 0.2) is 64.0 Å². The monoisotopic (exact) mass is 533 g/mol. The van der Waals surface area contributed by atoms with Gasteiger partial charge >= 0.3 is 0 Å². The Bertz CT molecular complexity index is 1510. The smallest absolute Gasteiger partial charge is 0.272 e. The fourth-order valence-electron chi connectivity index (χ4n) is 5.05. The Balaban J connectivity index is 1.43. The number of benzene rings is 2. The molecule has 2 aromatic carbocycles. The van der Waals surface area contributed by atoms with Crippen molar-refractivity contribution >= 4 is 21.5 Å². The van der Waals surface area contributed by atoms with Crippen molar-refractivity contribution in [3.63, 3.8) is 0 Å². The second-order valence-corrected chi connectivity index (χ2v) is 12.3. The van der Waals surface area contributed by atoms with E-state index in [4.69, 9.17) is 9.62 Å². The highest BCUT2D eigenvalue weighted by Gasteiger charge is 2.35. The first-order valence-electron chi connectivity index (χ1n) is 13.0. The number of nitrogens with one attached hydrogen (secondary N) is 2. The molecule has 3 atom stereocenters. The largest absolute Gasteiger partial charge is 0.345 e. The normalized spacial score (nSPS) is 21.6. The molecule has 2 heterocycles. The van der Waals surface area contributed by atoms with Gasteiger partial charge in [0, 0.05) is 30.5 Å². The lowest BCUT2D eigenvalue weighted by Gasteiger charge is -2.25. The molecular formula is C29H32FN5O2S. The lowest BCUT2D eigenvalue weighted by atomic mass is 9.91. The van der Waals surface area contributed by atoms with Crippen LogP contribution in [0.3, 0.4) is 0 Å². The van der Waals surface area contributed by atoms with Crippen LogP contribution in [0.4, 0.5) is 10.1 Å². The minimum absolute atomic E-state index is 0.0161. The second kappa shape index (κ2) is 10.7. The molecule has 7 nitrogen and oxygen atoms in total. The SMILES string of the molecule is CC(CCc1ccccc1)[C@H]1CCc2c(cn(C)c2C(=O)Nc2ccc(F)c(C#N)c2)S(=O)(=NC2CC2)N1. The van der Waals surface area contributed by atoms with E-state index in [2.05, 4.69) is 29.1 Å². The number of amides is 1. The third kappa shape index (κ3) is 5.52. The maximum Gasteiger partial charge on any atom is 0.272 e. The van der Waals surface area contributed by atoms with Crippen LogP contribution in [0.1, 0.15) is 59.8 Å². The number of fused-ring (bicyclic) bond motifs is 1. The van der Waals surface area contributed by atoms with Gasteiger partial charge < -0.3 is 9.88 Å². The molecular weight excluding hydrogens is 501 g/mol. The molecule has 2 N–H and O–H groups in total. The summed E-state index contributed by atoms with van der Waals surface area (Å²) in [4.78, 5) is 14.0. The summed E-state index contributed by atoms with van der Waals surface area (Å²) in [5.41, 5.74) is 2.59. The van der Waals surface area contributed by atoms with Gasteiger partial charge in [0.15, 0.2) is 0 Å². The first kappa shape index (κ1) is 26.1. The molecule has 1 saturated carbocycles. The first-order valence-corrected chi connectivity index (χ1v) is 14.6. The molecule has 2 unspecified atom stereocenters. The van der Waals surface area contributed by atoms with Crippen LogP contribution < -0.4 is 10.0 Å². The molecule has 0 saturated heterocycles. The second-order valence-electron chi connectivity index (χ2n) is 10.3. The van der Waals surface area contributed by atoms with Gasteiger partial charge in [0.05, 0.1) is 16.5 Å². The van der Waals surface area contributed by atoms with Crippen LogP contribution in [0.25, 0.3) is 0 Å². The average molecular weight is 534 g/mol. The molecule has 198 valence electrons. The van der Waals surface area contributed by atoms with Gasteiger partial charge in [-0.05, 0) is 68.2 Å². The number of aryl methyl sites for hydroxylation is 2. The molecule has 1 amide bonds. The van der Waals surface area contributed by atoms with E-state index in [1.165, 1.54) is 17.7 Å². The van der Waals surface area contributed by atoms with Crippen LogP contribution in [0, 0.1) is 23.1 Å². The number of anilines is 1. The summed E-state index contributed by atoms with van der Waals surface area (Å²) in [5, 5.41) is 11.9. The highest BCUT2D eigenvalue weighted by Crippen LogP contribution is 2.34. The highest BCUT2D eigenvalue weighted by atomic mass is 32.2. The predicted octanol–water partition coefficient (Wildman–Crippen LogP) is 5.37. The van der Waals surface area contributed by atoms with E-state index in [0.717, 1.165) is 43.7 Å². The fourth-order valence-corrected chi connectivity index (χ4v) is 7.58. The summed E-state index contributed by atoms with van der Waals surface area (Å²) >= 11 is 0. The van der Waals surface area contributed by atoms with Crippen molar-refractivity contribution in [2.45, 2.75) is 62.4 Å². The Labute approximate surface area is 223 Å². The van der Waals surface area contributed by atoms with Crippen LogP contribution in [-0.2, 0) is 29.8 Å². The summed E-state index contributed by atoms with van der Waals surface area (Å²) in [6.45, 7) is 2.18. The third-order valence-electron chi connectivity index (χ3n) is 7.38. The summed E-state index contributed by atoms with van der Waals surface area (Å²) in [6, 6.07) is 16.1. The molecule has 1 fully saturated rings. The van der Waals surface area contributed by atoms with E-state index in [-0.39, 0.29) is 23.6 Å². The molecule has 1 aliphatic carbocycles. The molecule has 5 rings (SSSR count). The Morgan fingerprint density at radius 3 is 2.74 bits per heavy atom. The lowest BCUT2D eigenvalue weighted by Crippen LogP contribution is -2.38. The van der Waals surface area contributed by atoms with Crippen LogP contribution >= 0.6 is 0 Å². The van der Waals surface area contributed by atoms with Crippen molar-refractivity contribution in [3.8, 4) is 6.07 Å². The van der Waals surface area contributed by atoms with Crippen molar-refractivity contribution in [2.24, 2.45) is 17.3 Å². The summed E-state index contributed by atoms with van der Waals surface area (Å²) < 4.78 is 38.1. The topological polar surface area (TPSA) is 99.3 Å². The van der Waals surface area contributed by atoms with Crippen LogP contribution in [0.2, 0.25) is 0 Å². The average Bonchev–Trinajstić information content (AvgIpc) is 3.67. The van der Waals surface area contributed by atoms with Crippen molar-refractivity contribution in [1.29, 1.82) is 5.26 Å². The van der Waals surface area contributed by atoms with Gasteiger partial charge in [0.1, 0.15) is 27.5 Å². The number of halogens is 1. The zero-order valence-electron chi connectivity index (χ0n) is 21.6. The van der Waals surface area contributed by atoms with Crippen LogP contribution in [-0.4, -0.2) is 26.8 Å². The van der Waals surface area contributed by atoms with E-state index in [1.807, 2.05) is 18.2 Å². The molecule has 38 heavy (non-hydrogen) atoms. The quantitative estimate of drug-likeness (QED) is 0.427. The number of aromatic nitrogens is 1. The molecule has 0 radical (unpaired) electrons. The zero-order chi connectivity index (χ0) is 26.9. The van der Waals surface area contributed by atoms with Crippen LogP contribution in [0.5, 0.6) is 0 Å².